The first kappa shape index (κ1) is 18.6. The van der Waals surface area contributed by atoms with Gasteiger partial charge < -0.3 is 14.8 Å². The molecule has 128 valence electrons. The summed E-state index contributed by atoms with van der Waals surface area (Å²) >= 11 is 0. The van der Waals surface area contributed by atoms with Crippen LogP contribution in [0, 0.1) is 0 Å². The van der Waals surface area contributed by atoms with Gasteiger partial charge in [0.05, 0.1) is 0 Å². The summed E-state index contributed by atoms with van der Waals surface area (Å²) in [6.07, 6.45) is 3.58. The van der Waals surface area contributed by atoms with Crippen molar-refractivity contribution in [2.75, 3.05) is 6.54 Å². The smallest absolute Gasteiger partial charge is 0.475 e. The van der Waals surface area contributed by atoms with E-state index in [0.29, 0.717) is 0 Å². The number of oxime groups is 1. The molecule has 8 heteroatoms. The molecule has 2 heterocycles. The molecule has 0 radical (unpaired) electrons. The number of halogens is 3. The van der Waals surface area contributed by atoms with Crippen LogP contribution < -0.4 is 0 Å². The number of alkyl halides is 3. The number of aliphatic carboxylic acids is 1. The molecule has 0 aromatic carbocycles. The van der Waals surface area contributed by atoms with E-state index in [4.69, 9.17) is 14.7 Å². The quantitative estimate of drug-likeness (QED) is 0.783. The van der Waals surface area contributed by atoms with Crippen molar-refractivity contribution >= 4 is 11.8 Å². The lowest BCUT2D eigenvalue weighted by Gasteiger charge is -2.26. The SMILES string of the molecule is CCCCCCC1=NOC2(C)CCCN12.O=C(O)C(F)(F)F. The zero-order valence-corrected chi connectivity index (χ0v) is 12.9. The number of carboxylic acid groups (broad SMARTS) is 1. The van der Waals surface area contributed by atoms with Gasteiger partial charge in [0.2, 0.25) is 5.72 Å². The van der Waals surface area contributed by atoms with Crippen molar-refractivity contribution in [1.29, 1.82) is 0 Å². The van der Waals surface area contributed by atoms with Crippen LogP contribution in [-0.4, -0.2) is 40.3 Å². The Kier molecular flexibility index (Phi) is 6.49. The predicted molar refractivity (Wildman–Crippen MR) is 75.3 cm³/mol. The van der Waals surface area contributed by atoms with Gasteiger partial charge in [-0.3, -0.25) is 0 Å². The lowest BCUT2D eigenvalue weighted by Crippen LogP contribution is -2.40. The van der Waals surface area contributed by atoms with Crippen LogP contribution in [0.2, 0.25) is 0 Å². The molecule has 1 N–H and O–H groups in total. The minimum Gasteiger partial charge on any atom is -0.475 e. The fourth-order valence-corrected chi connectivity index (χ4v) is 2.52. The van der Waals surface area contributed by atoms with E-state index in [0.717, 1.165) is 19.4 Å². The number of hydrogen-bond donors (Lipinski definition) is 1. The maximum atomic E-state index is 10.6. The van der Waals surface area contributed by atoms with Gasteiger partial charge in [-0.25, -0.2) is 4.79 Å². The molecule has 1 unspecified atom stereocenters. The molecular formula is C14H23F3N2O3. The third-order valence-electron chi connectivity index (χ3n) is 3.75. The average Bonchev–Trinajstić information content (AvgIpc) is 2.92. The van der Waals surface area contributed by atoms with Gasteiger partial charge in [0, 0.05) is 19.4 Å². The number of amidine groups is 1. The van der Waals surface area contributed by atoms with Crippen LogP contribution in [0.1, 0.15) is 58.8 Å². The number of rotatable bonds is 5. The minimum atomic E-state index is -5.08. The van der Waals surface area contributed by atoms with E-state index in [1.165, 1.54) is 37.9 Å². The van der Waals surface area contributed by atoms with Gasteiger partial charge in [0.25, 0.3) is 0 Å². The first-order chi connectivity index (χ1) is 10.2. The Bertz CT molecular complexity index is 413. The van der Waals surface area contributed by atoms with E-state index in [2.05, 4.69) is 23.9 Å². The number of carbonyl (C=O) groups is 1. The lowest BCUT2D eigenvalue weighted by molar-refractivity contribution is -0.192. The Hall–Kier alpha value is -1.47. The normalized spacial score (nSPS) is 23.3. The molecule has 0 saturated carbocycles. The molecule has 2 aliphatic rings. The van der Waals surface area contributed by atoms with Crippen molar-refractivity contribution in [2.45, 2.75) is 70.7 Å². The van der Waals surface area contributed by atoms with E-state index >= 15 is 0 Å². The molecule has 2 aliphatic heterocycles. The number of fused-ring (bicyclic) bond motifs is 1. The summed E-state index contributed by atoms with van der Waals surface area (Å²) in [5, 5.41) is 11.4. The van der Waals surface area contributed by atoms with Gasteiger partial charge in [0.1, 0.15) is 5.84 Å². The highest BCUT2D eigenvalue weighted by Gasteiger charge is 2.44. The Labute approximate surface area is 128 Å². The highest BCUT2D eigenvalue weighted by molar-refractivity contribution is 5.83. The topological polar surface area (TPSA) is 62.1 Å². The number of unbranched alkanes of at least 4 members (excludes halogenated alkanes) is 3. The first-order valence-electron chi connectivity index (χ1n) is 7.53. The molecule has 1 saturated heterocycles. The summed E-state index contributed by atoms with van der Waals surface area (Å²) < 4.78 is 31.7. The molecular weight excluding hydrogens is 301 g/mol. The molecule has 5 nitrogen and oxygen atoms in total. The van der Waals surface area contributed by atoms with E-state index in [1.54, 1.807) is 0 Å². The van der Waals surface area contributed by atoms with Crippen molar-refractivity contribution < 1.29 is 27.9 Å². The van der Waals surface area contributed by atoms with Gasteiger partial charge in [-0.15, -0.1) is 0 Å². The Morgan fingerprint density at radius 1 is 1.41 bits per heavy atom. The highest BCUT2D eigenvalue weighted by atomic mass is 19.4. The predicted octanol–water partition coefficient (Wildman–Crippen LogP) is 3.75. The van der Waals surface area contributed by atoms with Crippen LogP contribution in [0.3, 0.4) is 0 Å². The lowest BCUT2D eigenvalue weighted by atomic mass is 10.1. The Morgan fingerprint density at radius 2 is 2.05 bits per heavy atom. The third kappa shape index (κ3) is 5.06. The first-order valence-corrected chi connectivity index (χ1v) is 7.53. The van der Waals surface area contributed by atoms with Crippen LogP contribution in [0.5, 0.6) is 0 Å². The molecule has 0 aromatic rings. The van der Waals surface area contributed by atoms with Crippen molar-refractivity contribution in [1.82, 2.24) is 4.90 Å². The van der Waals surface area contributed by atoms with E-state index in [-0.39, 0.29) is 5.72 Å². The van der Waals surface area contributed by atoms with Crippen LogP contribution in [-0.2, 0) is 9.63 Å². The number of nitrogens with zero attached hydrogens (tertiary/aromatic N) is 2. The molecule has 22 heavy (non-hydrogen) atoms. The van der Waals surface area contributed by atoms with E-state index in [1.807, 2.05) is 0 Å². The van der Waals surface area contributed by atoms with Gasteiger partial charge in [0.15, 0.2) is 0 Å². The summed E-state index contributed by atoms with van der Waals surface area (Å²) in [6, 6.07) is 0. The Balaban J connectivity index is 0.000000295. The fraction of sp³-hybridized carbons (Fsp3) is 0.857. The van der Waals surface area contributed by atoms with Crippen molar-refractivity contribution in [3.05, 3.63) is 0 Å². The number of hydrogen-bond acceptors (Lipinski definition) is 4. The number of carboxylic acids is 1. The standard InChI is InChI=1S/C12H22N2O.C2HF3O2/c1-3-4-5-6-8-11-13-15-12(2)9-7-10-14(11)12;3-2(4,5)1(6)7/h3-10H2,1-2H3;(H,6,7). The van der Waals surface area contributed by atoms with Crippen LogP contribution >= 0.6 is 0 Å². The van der Waals surface area contributed by atoms with E-state index in [9.17, 15) is 13.2 Å². The largest absolute Gasteiger partial charge is 0.490 e. The summed E-state index contributed by atoms with van der Waals surface area (Å²) in [7, 11) is 0. The molecule has 0 aliphatic carbocycles. The van der Waals surface area contributed by atoms with Crippen molar-refractivity contribution in [2.24, 2.45) is 5.16 Å². The molecule has 0 amide bonds. The minimum absolute atomic E-state index is 0.0971. The van der Waals surface area contributed by atoms with Crippen LogP contribution in [0.4, 0.5) is 13.2 Å². The van der Waals surface area contributed by atoms with Gasteiger partial charge in [-0.05, 0) is 19.8 Å². The molecule has 1 atom stereocenters. The summed E-state index contributed by atoms with van der Waals surface area (Å²) in [5.41, 5.74) is -0.0971. The zero-order chi connectivity index (χ0) is 16.8. The fourth-order valence-electron chi connectivity index (χ4n) is 2.52. The highest BCUT2D eigenvalue weighted by Crippen LogP contribution is 2.35. The van der Waals surface area contributed by atoms with Crippen molar-refractivity contribution in [3.8, 4) is 0 Å². The average molecular weight is 324 g/mol. The van der Waals surface area contributed by atoms with Gasteiger partial charge in [-0.1, -0.05) is 31.3 Å². The van der Waals surface area contributed by atoms with Crippen molar-refractivity contribution in [3.63, 3.8) is 0 Å². The molecule has 2 rings (SSSR count). The second kappa shape index (κ2) is 7.69. The summed E-state index contributed by atoms with van der Waals surface area (Å²) in [5.74, 6) is -1.57. The zero-order valence-electron chi connectivity index (χ0n) is 12.9. The maximum Gasteiger partial charge on any atom is 0.490 e. The molecule has 0 bridgehead atoms. The van der Waals surface area contributed by atoms with E-state index < -0.39 is 12.1 Å². The third-order valence-corrected chi connectivity index (χ3v) is 3.75. The maximum absolute atomic E-state index is 10.6. The summed E-state index contributed by atoms with van der Waals surface area (Å²) in [4.78, 5) is 16.8. The summed E-state index contributed by atoms with van der Waals surface area (Å²) in [6.45, 7) is 5.53. The van der Waals surface area contributed by atoms with Gasteiger partial charge in [-0.2, -0.15) is 13.2 Å². The second-order valence-corrected chi connectivity index (χ2v) is 5.64. The monoisotopic (exact) mass is 324 g/mol. The van der Waals surface area contributed by atoms with Crippen LogP contribution in [0.15, 0.2) is 5.16 Å². The van der Waals surface area contributed by atoms with Gasteiger partial charge >= 0.3 is 12.1 Å². The Morgan fingerprint density at radius 3 is 2.59 bits per heavy atom. The second-order valence-electron chi connectivity index (χ2n) is 5.64. The molecule has 0 spiro atoms. The van der Waals surface area contributed by atoms with Crippen LogP contribution in [0.25, 0.3) is 0 Å². The molecule has 1 fully saturated rings. The molecule has 0 aromatic heterocycles.